The van der Waals surface area contributed by atoms with E-state index in [-0.39, 0.29) is 18.4 Å². The van der Waals surface area contributed by atoms with Gasteiger partial charge < -0.3 is 19.5 Å². The van der Waals surface area contributed by atoms with Crippen LogP contribution in [0.15, 0.2) is 24.3 Å². The van der Waals surface area contributed by atoms with Crippen LogP contribution >= 0.6 is 0 Å². The van der Waals surface area contributed by atoms with Gasteiger partial charge in [0.25, 0.3) is 5.91 Å². The number of carbonyl (C=O) groups excluding carboxylic acids is 1. The van der Waals surface area contributed by atoms with E-state index in [0.717, 1.165) is 25.0 Å². The lowest BCUT2D eigenvalue weighted by atomic mass is 9.94. The van der Waals surface area contributed by atoms with Crippen molar-refractivity contribution in [2.24, 2.45) is 11.8 Å². The molecule has 0 aromatic heterocycles. The van der Waals surface area contributed by atoms with Crippen LogP contribution in [-0.2, 0) is 9.59 Å². The number of carboxylic acid groups (broad SMARTS) is 1. The van der Waals surface area contributed by atoms with Crippen molar-refractivity contribution >= 4 is 11.9 Å². The topological polar surface area (TPSA) is 76.1 Å². The van der Waals surface area contributed by atoms with Gasteiger partial charge in [-0.1, -0.05) is 6.42 Å². The SMILES string of the molecule is CCOc1ccc(OCC(=O)N2CC3CCCC3C2C(=O)O)cc1. The van der Waals surface area contributed by atoms with Gasteiger partial charge in [0.2, 0.25) is 0 Å². The minimum atomic E-state index is -0.904. The number of rotatable bonds is 6. The third-order valence-corrected chi connectivity index (χ3v) is 4.96. The number of ether oxygens (including phenoxy) is 2. The maximum Gasteiger partial charge on any atom is 0.326 e. The van der Waals surface area contributed by atoms with E-state index in [0.29, 0.717) is 24.8 Å². The van der Waals surface area contributed by atoms with Crippen molar-refractivity contribution in [1.82, 2.24) is 4.90 Å². The molecule has 2 aliphatic rings. The Labute approximate surface area is 141 Å². The van der Waals surface area contributed by atoms with Crippen LogP contribution in [0.2, 0.25) is 0 Å². The smallest absolute Gasteiger partial charge is 0.326 e. The number of fused-ring (bicyclic) bond motifs is 1. The number of hydrogen-bond donors (Lipinski definition) is 1. The third kappa shape index (κ3) is 3.32. The molecular formula is C18H23NO5. The molecule has 1 aromatic carbocycles. The highest BCUT2D eigenvalue weighted by molar-refractivity contribution is 5.85. The number of aliphatic carboxylic acids is 1. The predicted molar refractivity (Wildman–Crippen MR) is 87.1 cm³/mol. The van der Waals surface area contributed by atoms with E-state index in [1.165, 1.54) is 4.90 Å². The number of carboxylic acids is 1. The average Bonchev–Trinajstić information content (AvgIpc) is 3.14. The normalized spacial score (nSPS) is 25.4. The summed E-state index contributed by atoms with van der Waals surface area (Å²) in [5.41, 5.74) is 0. The van der Waals surface area contributed by atoms with E-state index >= 15 is 0 Å². The molecule has 0 radical (unpaired) electrons. The lowest BCUT2D eigenvalue weighted by Crippen LogP contribution is -2.45. The summed E-state index contributed by atoms with van der Waals surface area (Å²) >= 11 is 0. The second kappa shape index (κ2) is 7.11. The van der Waals surface area contributed by atoms with Gasteiger partial charge in [0.15, 0.2) is 6.61 Å². The molecule has 1 saturated heterocycles. The zero-order valence-electron chi connectivity index (χ0n) is 13.8. The molecule has 6 heteroatoms. The molecule has 3 rings (SSSR count). The minimum Gasteiger partial charge on any atom is -0.494 e. The van der Waals surface area contributed by atoms with Crippen LogP contribution < -0.4 is 9.47 Å². The van der Waals surface area contributed by atoms with Gasteiger partial charge >= 0.3 is 5.97 Å². The Bertz CT molecular complexity index is 600. The predicted octanol–water partition coefficient (Wildman–Crippen LogP) is 2.18. The summed E-state index contributed by atoms with van der Waals surface area (Å²) in [5.74, 6) is 0.564. The summed E-state index contributed by atoms with van der Waals surface area (Å²) < 4.78 is 10.9. The Hall–Kier alpha value is -2.24. The first-order chi connectivity index (χ1) is 11.6. The molecule has 6 nitrogen and oxygen atoms in total. The highest BCUT2D eigenvalue weighted by atomic mass is 16.5. The molecule has 1 heterocycles. The maximum absolute atomic E-state index is 12.4. The molecule has 2 fully saturated rings. The van der Waals surface area contributed by atoms with Crippen LogP contribution in [-0.4, -0.2) is 47.7 Å². The number of hydrogen-bond acceptors (Lipinski definition) is 4. The van der Waals surface area contributed by atoms with Crippen LogP contribution in [0.4, 0.5) is 0 Å². The second-order valence-corrected chi connectivity index (χ2v) is 6.38. The van der Waals surface area contributed by atoms with Gasteiger partial charge in [-0.05, 0) is 55.9 Å². The van der Waals surface area contributed by atoms with Crippen molar-refractivity contribution in [2.45, 2.75) is 32.2 Å². The quantitative estimate of drug-likeness (QED) is 0.863. The van der Waals surface area contributed by atoms with E-state index in [1.54, 1.807) is 24.3 Å². The molecule has 1 aliphatic carbocycles. The first kappa shape index (κ1) is 16.6. The zero-order chi connectivity index (χ0) is 17.1. The fourth-order valence-electron chi connectivity index (χ4n) is 3.91. The van der Waals surface area contributed by atoms with Crippen LogP contribution in [0.3, 0.4) is 0 Å². The van der Waals surface area contributed by atoms with Crippen molar-refractivity contribution in [3.63, 3.8) is 0 Å². The standard InChI is InChI=1S/C18H23NO5/c1-2-23-13-6-8-14(9-7-13)24-11-16(20)19-10-12-4-3-5-15(12)17(19)18(21)22/h6-9,12,15,17H,2-5,10-11H2,1H3,(H,21,22). The average molecular weight is 333 g/mol. The van der Waals surface area contributed by atoms with Gasteiger partial charge in [0, 0.05) is 6.54 Å². The maximum atomic E-state index is 12.4. The van der Waals surface area contributed by atoms with E-state index in [9.17, 15) is 14.7 Å². The molecule has 0 bridgehead atoms. The van der Waals surface area contributed by atoms with Gasteiger partial charge in [0.05, 0.1) is 6.61 Å². The molecule has 1 saturated carbocycles. The molecule has 130 valence electrons. The Morgan fingerprint density at radius 3 is 2.46 bits per heavy atom. The first-order valence-electron chi connectivity index (χ1n) is 8.48. The lowest BCUT2D eigenvalue weighted by Gasteiger charge is -2.24. The lowest BCUT2D eigenvalue weighted by molar-refractivity contribution is -0.150. The zero-order valence-corrected chi connectivity index (χ0v) is 13.8. The Balaban J connectivity index is 1.59. The molecule has 0 spiro atoms. The third-order valence-electron chi connectivity index (χ3n) is 4.96. The van der Waals surface area contributed by atoms with Crippen molar-refractivity contribution in [2.75, 3.05) is 19.8 Å². The molecule has 1 aliphatic heterocycles. The first-order valence-corrected chi connectivity index (χ1v) is 8.48. The number of nitrogens with zero attached hydrogens (tertiary/aromatic N) is 1. The summed E-state index contributed by atoms with van der Waals surface area (Å²) in [6, 6.07) is 6.35. The molecule has 1 aromatic rings. The summed E-state index contributed by atoms with van der Waals surface area (Å²) in [6.07, 6.45) is 2.97. The van der Waals surface area contributed by atoms with Gasteiger partial charge in [-0.3, -0.25) is 4.79 Å². The molecule has 24 heavy (non-hydrogen) atoms. The molecular weight excluding hydrogens is 310 g/mol. The molecule has 1 amide bonds. The van der Waals surface area contributed by atoms with Crippen LogP contribution in [0.1, 0.15) is 26.2 Å². The second-order valence-electron chi connectivity index (χ2n) is 6.38. The van der Waals surface area contributed by atoms with Crippen molar-refractivity contribution in [1.29, 1.82) is 0 Å². The number of likely N-dealkylation sites (tertiary alicyclic amines) is 1. The van der Waals surface area contributed by atoms with Crippen LogP contribution in [0, 0.1) is 11.8 Å². The highest BCUT2D eigenvalue weighted by Gasteiger charge is 2.49. The van der Waals surface area contributed by atoms with Crippen molar-refractivity contribution in [3.8, 4) is 11.5 Å². The van der Waals surface area contributed by atoms with Crippen LogP contribution in [0.25, 0.3) is 0 Å². The Morgan fingerprint density at radius 2 is 1.83 bits per heavy atom. The van der Waals surface area contributed by atoms with E-state index in [1.807, 2.05) is 6.92 Å². The summed E-state index contributed by atoms with van der Waals surface area (Å²) in [6.45, 7) is 2.89. The number of benzene rings is 1. The van der Waals surface area contributed by atoms with Crippen molar-refractivity contribution in [3.05, 3.63) is 24.3 Å². The van der Waals surface area contributed by atoms with Gasteiger partial charge in [0.1, 0.15) is 17.5 Å². The monoisotopic (exact) mass is 333 g/mol. The highest BCUT2D eigenvalue weighted by Crippen LogP contribution is 2.42. The largest absolute Gasteiger partial charge is 0.494 e. The van der Waals surface area contributed by atoms with E-state index in [2.05, 4.69) is 0 Å². The summed E-state index contributed by atoms with van der Waals surface area (Å²) in [5, 5.41) is 9.50. The van der Waals surface area contributed by atoms with Gasteiger partial charge in [-0.15, -0.1) is 0 Å². The summed E-state index contributed by atoms with van der Waals surface area (Å²) in [4.78, 5) is 25.5. The van der Waals surface area contributed by atoms with Gasteiger partial charge in [-0.25, -0.2) is 4.79 Å². The van der Waals surface area contributed by atoms with E-state index < -0.39 is 12.0 Å². The van der Waals surface area contributed by atoms with E-state index in [4.69, 9.17) is 9.47 Å². The molecule has 3 unspecified atom stereocenters. The number of amides is 1. The fraction of sp³-hybridized carbons (Fsp3) is 0.556. The molecule has 1 N–H and O–H groups in total. The van der Waals surface area contributed by atoms with Crippen LogP contribution in [0.5, 0.6) is 11.5 Å². The minimum absolute atomic E-state index is 0.0944. The molecule has 3 atom stereocenters. The van der Waals surface area contributed by atoms with Gasteiger partial charge in [-0.2, -0.15) is 0 Å². The fourth-order valence-corrected chi connectivity index (χ4v) is 3.91. The number of carbonyl (C=O) groups is 2. The Kier molecular flexibility index (Phi) is 4.92. The van der Waals surface area contributed by atoms with Crippen molar-refractivity contribution < 1.29 is 24.2 Å². The summed E-state index contributed by atoms with van der Waals surface area (Å²) in [7, 11) is 0. The Morgan fingerprint density at radius 1 is 1.17 bits per heavy atom.